The van der Waals surface area contributed by atoms with Crippen molar-refractivity contribution in [3.8, 4) is 0 Å². The molecule has 0 bridgehead atoms. The average molecular weight is 380 g/mol. The van der Waals surface area contributed by atoms with Crippen molar-refractivity contribution >= 4 is 43.4 Å². The summed E-state index contributed by atoms with van der Waals surface area (Å²) >= 11 is 0. The largest absolute Gasteiger partial charge is 0.335 e. The van der Waals surface area contributed by atoms with Crippen LogP contribution in [0.1, 0.15) is 43.0 Å². The lowest BCUT2D eigenvalue weighted by Crippen LogP contribution is -2.22. The SMILES string of the molecule is Cc1c(C)c2c(c3ccccc13)c1c(C)c3ccccc3c(C)c1n2C(C)(C)C. The molecule has 1 nitrogen and oxygen atoms in total. The Kier molecular flexibility index (Phi) is 3.68. The van der Waals surface area contributed by atoms with Crippen molar-refractivity contribution in [2.45, 2.75) is 54.0 Å². The molecule has 0 aliphatic rings. The Hall–Kier alpha value is -2.80. The zero-order valence-electron chi connectivity index (χ0n) is 18.6. The Bertz CT molecular complexity index is 1460. The van der Waals surface area contributed by atoms with E-state index in [0.717, 1.165) is 0 Å². The van der Waals surface area contributed by atoms with Gasteiger partial charge in [-0.3, -0.25) is 0 Å². The second kappa shape index (κ2) is 5.86. The highest BCUT2D eigenvalue weighted by Gasteiger charge is 2.27. The summed E-state index contributed by atoms with van der Waals surface area (Å²) < 4.78 is 2.61. The second-order valence-corrected chi connectivity index (χ2v) is 9.54. The molecule has 0 aliphatic heterocycles. The Labute approximate surface area is 172 Å². The molecule has 0 radical (unpaired) electrons. The summed E-state index contributed by atoms with van der Waals surface area (Å²) in [6, 6.07) is 17.8. The number of nitrogens with zero attached hydrogens (tertiary/aromatic N) is 1. The zero-order valence-corrected chi connectivity index (χ0v) is 18.6. The molecule has 0 saturated heterocycles. The van der Waals surface area contributed by atoms with Gasteiger partial charge in [0.2, 0.25) is 0 Å². The summed E-state index contributed by atoms with van der Waals surface area (Å²) in [5, 5.41) is 8.31. The van der Waals surface area contributed by atoms with Crippen LogP contribution >= 0.6 is 0 Å². The first-order chi connectivity index (χ1) is 13.7. The standard InChI is InChI=1S/C28H29N/c1-16-17(2)26-25(23-15-11-10-12-20(16)23)24-18(3)21-13-8-9-14-22(21)19(4)27(24)29(26)28(5,6)7/h8-15H,1-7H3. The molecular weight excluding hydrogens is 350 g/mol. The van der Waals surface area contributed by atoms with Gasteiger partial charge in [-0.1, -0.05) is 48.5 Å². The van der Waals surface area contributed by atoms with Gasteiger partial charge in [-0.2, -0.15) is 0 Å². The van der Waals surface area contributed by atoms with E-state index in [1.807, 2.05) is 0 Å². The van der Waals surface area contributed by atoms with Crippen molar-refractivity contribution in [3.63, 3.8) is 0 Å². The topological polar surface area (TPSA) is 4.93 Å². The minimum absolute atomic E-state index is 0.0146. The predicted molar refractivity (Wildman–Crippen MR) is 128 cm³/mol. The molecule has 0 N–H and O–H groups in total. The molecule has 0 saturated carbocycles. The molecule has 5 rings (SSSR count). The molecule has 0 unspecified atom stereocenters. The zero-order chi connectivity index (χ0) is 20.7. The lowest BCUT2D eigenvalue weighted by atomic mass is 9.92. The normalized spacial score (nSPS) is 12.7. The highest BCUT2D eigenvalue weighted by atomic mass is 15.1. The number of hydrogen-bond acceptors (Lipinski definition) is 0. The van der Waals surface area contributed by atoms with E-state index < -0.39 is 0 Å². The van der Waals surface area contributed by atoms with Gasteiger partial charge in [0.25, 0.3) is 0 Å². The van der Waals surface area contributed by atoms with Crippen LogP contribution in [-0.2, 0) is 5.54 Å². The van der Waals surface area contributed by atoms with Crippen LogP contribution in [0.5, 0.6) is 0 Å². The van der Waals surface area contributed by atoms with Crippen LogP contribution in [0.3, 0.4) is 0 Å². The third kappa shape index (κ3) is 2.28. The van der Waals surface area contributed by atoms with Gasteiger partial charge in [-0.05, 0) is 92.3 Å². The van der Waals surface area contributed by atoms with Gasteiger partial charge >= 0.3 is 0 Å². The fourth-order valence-corrected chi connectivity index (χ4v) is 5.39. The molecule has 29 heavy (non-hydrogen) atoms. The van der Waals surface area contributed by atoms with E-state index in [1.54, 1.807) is 0 Å². The molecule has 0 fully saturated rings. The maximum Gasteiger partial charge on any atom is 0.0535 e. The number of fused-ring (bicyclic) bond motifs is 6. The van der Waals surface area contributed by atoms with E-state index in [9.17, 15) is 0 Å². The van der Waals surface area contributed by atoms with E-state index in [0.29, 0.717) is 0 Å². The van der Waals surface area contributed by atoms with E-state index >= 15 is 0 Å². The van der Waals surface area contributed by atoms with Crippen molar-refractivity contribution in [2.24, 2.45) is 0 Å². The van der Waals surface area contributed by atoms with Crippen molar-refractivity contribution in [2.75, 3.05) is 0 Å². The third-order valence-electron chi connectivity index (χ3n) is 6.83. The molecule has 0 amide bonds. The van der Waals surface area contributed by atoms with Crippen LogP contribution in [0.2, 0.25) is 0 Å². The Morgan fingerprint density at radius 3 is 1.52 bits per heavy atom. The summed E-state index contributed by atoms with van der Waals surface area (Å²) in [6.45, 7) is 16.2. The van der Waals surface area contributed by atoms with E-state index in [-0.39, 0.29) is 5.54 Å². The van der Waals surface area contributed by atoms with Crippen LogP contribution in [0, 0.1) is 27.7 Å². The highest BCUT2D eigenvalue weighted by molar-refractivity contribution is 6.26. The maximum atomic E-state index is 2.61. The van der Waals surface area contributed by atoms with E-state index in [2.05, 4.69) is 102 Å². The summed E-state index contributed by atoms with van der Waals surface area (Å²) in [5.74, 6) is 0. The Morgan fingerprint density at radius 1 is 0.517 bits per heavy atom. The molecule has 1 heterocycles. The van der Waals surface area contributed by atoms with Gasteiger partial charge in [0.15, 0.2) is 0 Å². The van der Waals surface area contributed by atoms with Gasteiger partial charge in [0.1, 0.15) is 0 Å². The second-order valence-electron chi connectivity index (χ2n) is 9.54. The minimum Gasteiger partial charge on any atom is -0.335 e. The van der Waals surface area contributed by atoms with Crippen LogP contribution in [0.25, 0.3) is 43.4 Å². The maximum absolute atomic E-state index is 2.61. The molecule has 146 valence electrons. The van der Waals surface area contributed by atoms with E-state index in [4.69, 9.17) is 0 Å². The number of benzene rings is 4. The van der Waals surface area contributed by atoms with Crippen LogP contribution in [0.4, 0.5) is 0 Å². The first kappa shape index (κ1) is 18.2. The summed E-state index contributed by atoms with van der Waals surface area (Å²) in [4.78, 5) is 0. The van der Waals surface area contributed by atoms with Crippen LogP contribution in [-0.4, -0.2) is 4.57 Å². The van der Waals surface area contributed by atoms with Crippen LogP contribution < -0.4 is 0 Å². The molecule has 4 aromatic carbocycles. The van der Waals surface area contributed by atoms with Crippen molar-refractivity contribution < 1.29 is 0 Å². The quantitative estimate of drug-likeness (QED) is 0.256. The molecule has 0 atom stereocenters. The summed E-state index contributed by atoms with van der Waals surface area (Å²) in [5.41, 5.74) is 8.33. The number of hydrogen-bond donors (Lipinski definition) is 0. The van der Waals surface area contributed by atoms with Gasteiger partial charge in [-0.15, -0.1) is 0 Å². The number of aryl methyl sites for hydroxylation is 4. The lowest BCUT2D eigenvalue weighted by molar-refractivity contribution is 0.422. The Morgan fingerprint density at radius 2 is 0.966 bits per heavy atom. The van der Waals surface area contributed by atoms with Crippen LogP contribution in [0.15, 0.2) is 48.5 Å². The minimum atomic E-state index is -0.0146. The van der Waals surface area contributed by atoms with Crippen molar-refractivity contribution in [1.29, 1.82) is 0 Å². The first-order valence-corrected chi connectivity index (χ1v) is 10.6. The molecule has 5 aromatic rings. The third-order valence-corrected chi connectivity index (χ3v) is 6.83. The predicted octanol–water partition coefficient (Wildman–Crippen LogP) is 8.09. The number of aromatic nitrogens is 1. The van der Waals surface area contributed by atoms with Gasteiger partial charge in [0.05, 0.1) is 11.0 Å². The number of rotatable bonds is 0. The van der Waals surface area contributed by atoms with Crippen molar-refractivity contribution in [1.82, 2.24) is 4.57 Å². The van der Waals surface area contributed by atoms with E-state index in [1.165, 1.54) is 65.6 Å². The Balaban J connectivity index is 2.27. The molecule has 0 aliphatic carbocycles. The molecule has 1 aromatic heterocycles. The lowest BCUT2D eigenvalue weighted by Gasteiger charge is -2.26. The van der Waals surface area contributed by atoms with Gasteiger partial charge in [0, 0.05) is 16.3 Å². The summed E-state index contributed by atoms with van der Waals surface area (Å²) in [7, 11) is 0. The fraction of sp³-hybridized carbons (Fsp3) is 0.286. The monoisotopic (exact) mass is 379 g/mol. The first-order valence-electron chi connectivity index (χ1n) is 10.6. The van der Waals surface area contributed by atoms with Gasteiger partial charge in [-0.25, -0.2) is 0 Å². The molecular formula is C28H29N. The average Bonchev–Trinajstić information content (AvgIpc) is 3.07. The smallest absolute Gasteiger partial charge is 0.0535 e. The summed E-state index contributed by atoms with van der Waals surface area (Å²) in [6.07, 6.45) is 0. The van der Waals surface area contributed by atoms with Gasteiger partial charge < -0.3 is 4.57 Å². The molecule has 0 spiro atoms. The highest BCUT2D eigenvalue weighted by Crippen LogP contribution is 2.45. The van der Waals surface area contributed by atoms with Crippen molar-refractivity contribution in [3.05, 3.63) is 70.8 Å². The fourth-order valence-electron chi connectivity index (χ4n) is 5.39. The molecule has 1 heteroatoms.